The maximum absolute atomic E-state index is 12.8. The summed E-state index contributed by atoms with van der Waals surface area (Å²) in [6.07, 6.45) is 0.454. The maximum Gasteiger partial charge on any atom is 0.329 e. The number of carbonyl (C=O) groups excluding carboxylic acids is 2. The third-order valence-electron chi connectivity index (χ3n) is 5.65. The summed E-state index contributed by atoms with van der Waals surface area (Å²) in [4.78, 5) is 47.9. The standard InChI is InChI=1S/C23H27N3O6/c1-23(2,3)15(21(29)30)13-32-11-5-6-14-7-8-16-18(12-14)25(4)22(31)26(16)17-9-10-19(27)24-20(17)28/h7-8,12,15,17H,9-11,13H2,1-4H3,(H,29,30)(H,24,27,28). The molecule has 0 aliphatic carbocycles. The van der Waals surface area contributed by atoms with Crippen LogP contribution in [-0.4, -0.2) is 45.2 Å². The summed E-state index contributed by atoms with van der Waals surface area (Å²) in [6.45, 7) is 5.69. The number of carboxylic acid groups (broad SMARTS) is 1. The molecule has 2 atom stereocenters. The van der Waals surface area contributed by atoms with Gasteiger partial charge in [-0.1, -0.05) is 32.6 Å². The molecule has 2 N–H and O–H groups in total. The number of aliphatic carboxylic acids is 1. The lowest BCUT2D eigenvalue weighted by molar-refractivity contribution is -0.148. The first-order chi connectivity index (χ1) is 15.0. The molecule has 2 unspecified atom stereocenters. The number of nitrogens with zero attached hydrogens (tertiary/aromatic N) is 2. The Morgan fingerprint density at radius 2 is 2.00 bits per heavy atom. The van der Waals surface area contributed by atoms with E-state index >= 15 is 0 Å². The summed E-state index contributed by atoms with van der Waals surface area (Å²) in [5.74, 6) is 3.47. The number of hydrogen-bond acceptors (Lipinski definition) is 5. The predicted octanol–water partition coefficient (Wildman–Crippen LogP) is 1.43. The molecule has 32 heavy (non-hydrogen) atoms. The zero-order valence-corrected chi connectivity index (χ0v) is 18.6. The molecule has 9 nitrogen and oxygen atoms in total. The molecule has 0 radical (unpaired) electrons. The van der Waals surface area contributed by atoms with Gasteiger partial charge in [0.25, 0.3) is 0 Å². The normalized spacial score (nSPS) is 17.6. The number of nitrogens with one attached hydrogen (secondary N) is 1. The van der Waals surface area contributed by atoms with Crippen molar-refractivity contribution in [3.63, 3.8) is 0 Å². The second-order valence-electron chi connectivity index (χ2n) is 8.96. The lowest BCUT2D eigenvalue weighted by Crippen LogP contribution is -2.44. The van der Waals surface area contributed by atoms with Crippen molar-refractivity contribution >= 4 is 28.8 Å². The number of amides is 2. The molecule has 1 saturated heterocycles. The average Bonchev–Trinajstić information content (AvgIpc) is 2.94. The van der Waals surface area contributed by atoms with Crippen molar-refractivity contribution in [1.82, 2.24) is 14.5 Å². The SMILES string of the molecule is Cn1c(=O)n(C2CCC(=O)NC2=O)c2ccc(C#CCOCC(C(=O)O)C(C)(C)C)cc21. The molecule has 2 heterocycles. The third-order valence-corrected chi connectivity index (χ3v) is 5.65. The lowest BCUT2D eigenvalue weighted by atomic mass is 9.81. The Bertz CT molecular complexity index is 1190. The highest BCUT2D eigenvalue weighted by Gasteiger charge is 2.32. The fourth-order valence-corrected chi connectivity index (χ4v) is 3.73. The number of rotatable bonds is 5. The Morgan fingerprint density at radius 3 is 2.62 bits per heavy atom. The van der Waals surface area contributed by atoms with Gasteiger partial charge in [-0.15, -0.1) is 0 Å². The zero-order chi connectivity index (χ0) is 23.6. The second-order valence-corrected chi connectivity index (χ2v) is 8.96. The zero-order valence-electron chi connectivity index (χ0n) is 18.6. The number of ether oxygens (including phenoxy) is 1. The van der Waals surface area contributed by atoms with Crippen LogP contribution in [0.15, 0.2) is 23.0 Å². The van der Waals surface area contributed by atoms with Gasteiger partial charge in [0.05, 0.1) is 23.6 Å². The minimum absolute atomic E-state index is 0.0653. The van der Waals surface area contributed by atoms with Crippen LogP contribution in [0.4, 0.5) is 0 Å². The second kappa shape index (κ2) is 9.01. The monoisotopic (exact) mass is 441 g/mol. The van der Waals surface area contributed by atoms with E-state index in [0.29, 0.717) is 16.6 Å². The van der Waals surface area contributed by atoms with Gasteiger partial charge in [0, 0.05) is 19.0 Å². The highest BCUT2D eigenvalue weighted by Crippen LogP contribution is 2.26. The first-order valence-corrected chi connectivity index (χ1v) is 10.3. The summed E-state index contributed by atoms with van der Waals surface area (Å²) in [5.41, 5.74) is 1.09. The van der Waals surface area contributed by atoms with Gasteiger partial charge >= 0.3 is 11.7 Å². The van der Waals surface area contributed by atoms with E-state index in [1.54, 1.807) is 25.2 Å². The van der Waals surface area contributed by atoms with E-state index in [4.69, 9.17) is 4.74 Å². The van der Waals surface area contributed by atoms with Crippen molar-refractivity contribution in [1.29, 1.82) is 0 Å². The Hall–Kier alpha value is -3.38. The minimum Gasteiger partial charge on any atom is -0.481 e. The number of benzene rings is 1. The minimum atomic E-state index is -0.905. The number of piperidine rings is 1. The molecule has 1 aromatic carbocycles. The molecule has 1 aromatic heterocycles. The first kappa shape index (κ1) is 23.3. The van der Waals surface area contributed by atoms with Crippen LogP contribution in [0.2, 0.25) is 0 Å². The van der Waals surface area contributed by atoms with Crippen LogP contribution in [0.3, 0.4) is 0 Å². The number of imidazole rings is 1. The summed E-state index contributed by atoms with van der Waals surface area (Å²) in [6, 6.07) is 4.48. The van der Waals surface area contributed by atoms with Crippen LogP contribution in [0.25, 0.3) is 11.0 Å². The number of hydrogen-bond donors (Lipinski definition) is 2. The molecule has 1 aliphatic rings. The van der Waals surface area contributed by atoms with E-state index in [-0.39, 0.29) is 37.7 Å². The number of aromatic nitrogens is 2. The molecule has 170 valence electrons. The molecule has 0 bridgehead atoms. The van der Waals surface area contributed by atoms with Crippen molar-refractivity contribution in [3.8, 4) is 11.8 Å². The van der Waals surface area contributed by atoms with E-state index in [1.165, 1.54) is 9.13 Å². The van der Waals surface area contributed by atoms with Crippen LogP contribution in [0, 0.1) is 23.2 Å². The Morgan fingerprint density at radius 1 is 1.28 bits per heavy atom. The quantitative estimate of drug-likeness (QED) is 0.412. The van der Waals surface area contributed by atoms with Crippen LogP contribution in [0.5, 0.6) is 0 Å². The predicted molar refractivity (Wildman–Crippen MR) is 117 cm³/mol. The molecular formula is C23H27N3O6. The van der Waals surface area contributed by atoms with Gasteiger partial charge in [-0.05, 0) is 30.0 Å². The molecule has 3 rings (SSSR count). The van der Waals surface area contributed by atoms with Crippen molar-refractivity contribution in [2.75, 3.05) is 13.2 Å². The summed E-state index contributed by atoms with van der Waals surface area (Å²) >= 11 is 0. The molecule has 1 fully saturated rings. The number of carboxylic acids is 1. The number of imide groups is 1. The van der Waals surface area contributed by atoms with Gasteiger partial charge < -0.3 is 9.84 Å². The molecule has 2 aromatic rings. The van der Waals surface area contributed by atoms with Gasteiger partial charge in [0.15, 0.2) is 0 Å². The van der Waals surface area contributed by atoms with Crippen molar-refractivity contribution in [2.24, 2.45) is 18.4 Å². The summed E-state index contributed by atoms with van der Waals surface area (Å²) < 4.78 is 8.31. The largest absolute Gasteiger partial charge is 0.481 e. The van der Waals surface area contributed by atoms with Gasteiger partial charge in [0.2, 0.25) is 11.8 Å². The Kier molecular flexibility index (Phi) is 6.55. The van der Waals surface area contributed by atoms with Gasteiger partial charge in [-0.25, -0.2) is 4.79 Å². The van der Waals surface area contributed by atoms with Crippen LogP contribution >= 0.6 is 0 Å². The van der Waals surface area contributed by atoms with Crippen LogP contribution in [-0.2, 0) is 26.2 Å². The number of carbonyl (C=O) groups is 3. The topological polar surface area (TPSA) is 120 Å². The van der Waals surface area contributed by atoms with Crippen LogP contribution < -0.4 is 11.0 Å². The Balaban J connectivity index is 1.77. The van der Waals surface area contributed by atoms with Crippen LogP contribution in [0.1, 0.15) is 45.2 Å². The molecule has 0 saturated carbocycles. The first-order valence-electron chi connectivity index (χ1n) is 10.3. The van der Waals surface area contributed by atoms with E-state index in [0.717, 1.165) is 0 Å². The fourth-order valence-electron chi connectivity index (χ4n) is 3.73. The highest BCUT2D eigenvalue weighted by atomic mass is 16.5. The van der Waals surface area contributed by atoms with Gasteiger partial charge in [-0.3, -0.25) is 28.8 Å². The van der Waals surface area contributed by atoms with E-state index < -0.39 is 29.3 Å². The van der Waals surface area contributed by atoms with E-state index in [1.807, 2.05) is 20.8 Å². The fraction of sp³-hybridized carbons (Fsp3) is 0.478. The van der Waals surface area contributed by atoms with E-state index in [9.17, 15) is 24.3 Å². The van der Waals surface area contributed by atoms with Gasteiger partial charge in [-0.2, -0.15) is 0 Å². The lowest BCUT2D eigenvalue weighted by Gasteiger charge is -2.26. The number of aryl methyl sites for hydroxylation is 1. The molecule has 1 aliphatic heterocycles. The molecule has 9 heteroatoms. The van der Waals surface area contributed by atoms with Crippen molar-refractivity contribution < 1.29 is 24.2 Å². The molecule has 2 amide bonds. The molecular weight excluding hydrogens is 414 g/mol. The molecule has 0 spiro atoms. The van der Waals surface area contributed by atoms with Crippen molar-refractivity contribution in [3.05, 3.63) is 34.2 Å². The summed E-state index contributed by atoms with van der Waals surface area (Å²) in [7, 11) is 1.62. The average molecular weight is 441 g/mol. The summed E-state index contributed by atoms with van der Waals surface area (Å²) in [5, 5.41) is 11.6. The van der Waals surface area contributed by atoms with Crippen molar-refractivity contribution in [2.45, 2.75) is 39.7 Å². The Labute approximate surface area is 185 Å². The third kappa shape index (κ3) is 4.75. The number of fused-ring (bicyclic) bond motifs is 1. The highest BCUT2D eigenvalue weighted by molar-refractivity contribution is 6.00. The maximum atomic E-state index is 12.8. The smallest absolute Gasteiger partial charge is 0.329 e. The van der Waals surface area contributed by atoms with E-state index in [2.05, 4.69) is 17.2 Å². The van der Waals surface area contributed by atoms with Gasteiger partial charge in [0.1, 0.15) is 12.6 Å².